The van der Waals surface area contributed by atoms with Gasteiger partial charge in [0.05, 0.1) is 6.04 Å². The molecule has 0 heterocycles. The molecule has 114 valence electrons. The van der Waals surface area contributed by atoms with Crippen LogP contribution >= 0.6 is 0 Å². The highest BCUT2D eigenvalue weighted by molar-refractivity contribution is 7.90. The lowest BCUT2D eigenvalue weighted by Crippen LogP contribution is -2.40. The van der Waals surface area contributed by atoms with Crippen molar-refractivity contribution in [1.29, 1.82) is 0 Å². The van der Waals surface area contributed by atoms with Crippen molar-refractivity contribution in [3.05, 3.63) is 29.8 Å². The Morgan fingerprint density at radius 1 is 1.25 bits per heavy atom. The minimum Gasteiger partial charge on any atom is -0.598 e. The van der Waals surface area contributed by atoms with Crippen LogP contribution in [0.25, 0.3) is 0 Å². The Labute approximate surface area is 119 Å². The minimum absolute atomic E-state index is 0.287. The molecule has 3 nitrogen and oxygen atoms in total. The number of rotatable bonds is 4. The average molecular weight is 309 g/mol. The lowest BCUT2D eigenvalue weighted by molar-refractivity contribution is -0.274. The second kappa shape index (κ2) is 6.24. The minimum atomic E-state index is -4.72. The van der Waals surface area contributed by atoms with Gasteiger partial charge < -0.3 is 9.29 Å². The Morgan fingerprint density at radius 2 is 1.85 bits per heavy atom. The SMILES string of the molecule is CC(N[S+]([O-])C(C)(C)C)c1cccc(OC(F)(F)F)c1. The summed E-state index contributed by atoms with van der Waals surface area (Å²) >= 11 is -1.31. The second-order valence-electron chi connectivity index (χ2n) is 5.34. The van der Waals surface area contributed by atoms with E-state index in [1.54, 1.807) is 13.0 Å². The summed E-state index contributed by atoms with van der Waals surface area (Å²) in [7, 11) is 0. The maximum absolute atomic E-state index is 12.2. The van der Waals surface area contributed by atoms with Crippen molar-refractivity contribution in [1.82, 2.24) is 4.72 Å². The standard InChI is InChI=1S/C13H18F3NO2S/c1-9(17-20(18)12(2,3)4)10-6-5-7-11(8-10)19-13(14,15)16/h5-9,17H,1-4H3. The number of ether oxygens (including phenoxy) is 1. The van der Waals surface area contributed by atoms with E-state index < -0.39 is 22.5 Å². The van der Waals surface area contributed by atoms with Crippen LogP contribution in [0.3, 0.4) is 0 Å². The fourth-order valence-electron chi connectivity index (χ4n) is 1.39. The lowest BCUT2D eigenvalue weighted by atomic mass is 10.1. The van der Waals surface area contributed by atoms with Gasteiger partial charge in [-0.1, -0.05) is 12.1 Å². The summed E-state index contributed by atoms with van der Waals surface area (Å²) in [5.74, 6) is -0.287. The third kappa shape index (κ3) is 5.60. The molecule has 0 aromatic heterocycles. The summed E-state index contributed by atoms with van der Waals surface area (Å²) in [5, 5.41) is 0. The first kappa shape index (κ1) is 17.1. The monoisotopic (exact) mass is 309 g/mol. The Balaban J connectivity index is 2.79. The number of alkyl halides is 3. The molecule has 0 aliphatic heterocycles. The van der Waals surface area contributed by atoms with E-state index in [4.69, 9.17) is 0 Å². The van der Waals surface area contributed by atoms with E-state index in [0.29, 0.717) is 5.56 Å². The van der Waals surface area contributed by atoms with Crippen LogP contribution in [0.15, 0.2) is 24.3 Å². The molecule has 1 N–H and O–H groups in total. The maximum Gasteiger partial charge on any atom is 0.573 e. The summed E-state index contributed by atoms with van der Waals surface area (Å²) in [4.78, 5) is 0. The van der Waals surface area contributed by atoms with Crippen LogP contribution in [0.5, 0.6) is 5.75 Å². The van der Waals surface area contributed by atoms with E-state index in [0.717, 1.165) is 0 Å². The largest absolute Gasteiger partial charge is 0.598 e. The smallest absolute Gasteiger partial charge is 0.573 e. The van der Waals surface area contributed by atoms with Gasteiger partial charge in [-0.3, -0.25) is 0 Å². The zero-order valence-electron chi connectivity index (χ0n) is 11.7. The third-order valence-corrected chi connectivity index (χ3v) is 4.11. The molecule has 0 saturated carbocycles. The van der Waals surface area contributed by atoms with Crippen molar-refractivity contribution in [2.75, 3.05) is 0 Å². The molecule has 0 aliphatic carbocycles. The summed E-state index contributed by atoms with van der Waals surface area (Å²) < 4.78 is 54.7. The highest BCUT2D eigenvalue weighted by Gasteiger charge is 2.32. The molecular formula is C13H18F3NO2S. The molecular weight excluding hydrogens is 291 g/mol. The van der Waals surface area contributed by atoms with Crippen LogP contribution in [0, 0.1) is 0 Å². The Morgan fingerprint density at radius 3 is 2.35 bits per heavy atom. The van der Waals surface area contributed by atoms with E-state index in [-0.39, 0.29) is 11.8 Å². The van der Waals surface area contributed by atoms with Gasteiger partial charge in [-0.25, -0.2) is 0 Å². The van der Waals surface area contributed by atoms with E-state index in [1.165, 1.54) is 18.2 Å². The van der Waals surface area contributed by atoms with Gasteiger partial charge in [-0.15, -0.1) is 17.9 Å². The van der Waals surface area contributed by atoms with Crippen LogP contribution in [0.4, 0.5) is 13.2 Å². The molecule has 7 heteroatoms. The molecule has 0 spiro atoms. The summed E-state index contributed by atoms with van der Waals surface area (Å²) in [6, 6.07) is 5.27. The van der Waals surface area contributed by atoms with E-state index in [9.17, 15) is 17.7 Å². The Kier molecular flexibility index (Phi) is 5.34. The molecule has 0 bridgehead atoms. The topological polar surface area (TPSA) is 44.3 Å². The lowest BCUT2D eigenvalue weighted by Gasteiger charge is -2.26. The summed E-state index contributed by atoms with van der Waals surface area (Å²) in [5.41, 5.74) is 0.573. The molecule has 2 atom stereocenters. The van der Waals surface area contributed by atoms with Gasteiger partial charge >= 0.3 is 6.36 Å². The van der Waals surface area contributed by atoms with Gasteiger partial charge in [0.2, 0.25) is 0 Å². The van der Waals surface area contributed by atoms with Gasteiger partial charge in [0, 0.05) is 11.4 Å². The van der Waals surface area contributed by atoms with Crippen molar-refractivity contribution in [3.8, 4) is 5.75 Å². The predicted molar refractivity (Wildman–Crippen MR) is 72.6 cm³/mol. The second-order valence-corrected chi connectivity index (χ2v) is 7.34. The molecule has 20 heavy (non-hydrogen) atoms. The number of nitrogens with one attached hydrogen (secondary N) is 1. The molecule has 1 rings (SSSR count). The number of hydrogen-bond donors (Lipinski definition) is 1. The normalized spacial score (nSPS) is 15.8. The van der Waals surface area contributed by atoms with Gasteiger partial charge in [0.15, 0.2) is 0 Å². The van der Waals surface area contributed by atoms with Crippen LogP contribution in [-0.4, -0.2) is 15.7 Å². The quantitative estimate of drug-likeness (QED) is 0.863. The Hall–Kier alpha value is -0.920. The molecule has 0 saturated heterocycles. The number of halogens is 3. The van der Waals surface area contributed by atoms with Crippen LogP contribution < -0.4 is 9.46 Å². The molecule has 2 unspecified atom stereocenters. The van der Waals surface area contributed by atoms with Crippen molar-refractivity contribution >= 4 is 11.4 Å². The van der Waals surface area contributed by atoms with Gasteiger partial charge in [0.25, 0.3) is 0 Å². The highest BCUT2D eigenvalue weighted by atomic mass is 32.2. The van der Waals surface area contributed by atoms with Crippen LogP contribution in [0.1, 0.15) is 39.3 Å². The number of benzene rings is 1. The molecule has 1 aromatic rings. The van der Waals surface area contributed by atoms with Crippen LogP contribution in [-0.2, 0) is 11.4 Å². The predicted octanol–water partition coefficient (Wildman–Crippen LogP) is 3.70. The molecule has 0 amide bonds. The zero-order valence-corrected chi connectivity index (χ0v) is 12.6. The molecule has 0 radical (unpaired) electrons. The molecule has 1 aromatic carbocycles. The van der Waals surface area contributed by atoms with Crippen molar-refractivity contribution in [2.45, 2.75) is 44.8 Å². The first-order valence-corrected chi connectivity index (χ1v) is 7.18. The van der Waals surface area contributed by atoms with E-state index in [2.05, 4.69) is 9.46 Å². The maximum atomic E-state index is 12.2. The fraction of sp³-hybridized carbons (Fsp3) is 0.538. The zero-order chi connectivity index (χ0) is 15.6. The first-order valence-electron chi connectivity index (χ1n) is 6.03. The van der Waals surface area contributed by atoms with E-state index in [1.807, 2.05) is 20.8 Å². The summed E-state index contributed by atoms with van der Waals surface area (Å²) in [6.45, 7) is 7.17. The van der Waals surface area contributed by atoms with Gasteiger partial charge in [-0.05, 0) is 45.4 Å². The first-order chi connectivity index (χ1) is 8.99. The van der Waals surface area contributed by atoms with Crippen molar-refractivity contribution < 1.29 is 22.5 Å². The van der Waals surface area contributed by atoms with Crippen molar-refractivity contribution in [3.63, 3.8) is 0 Å². The molecule has 0 fully saturated rings. The summed E-state index contributed by atoms with van der Waals surface area (Å²) in [6.07, 6.45) is -4.72. The fourth-order valence-corrected chi connectivity index (χ4v) is 2.20. The average Bonchev–Trinajstić information content (AvgIpc) is 2.25. The van der Waals surface area contributed by atoms with E-state index >= 15 is 0 Å². The highest BCUT2D eigenvalue weighted by Crippen LogP contribution is 2.26. The number of hydrogen-bond acceptors (Lipinski definition) is 3. The Bertz CT molecular complexity index is 446. The van der Waals surface area contributed by atoms with Crippen LogP contribution in [0.2, 0.25) is 0 Å². The van der Waals surface area contributed by atoms with Gasteiger partial charge in [0.1, 0.15) is 10.5 Å². The van der Waals surface area contributed by atoms with Crippen molar-refractivity contribution in [2.24, 2.45) is 0 Å². The molecule has 0 aliphatic rings. The van der Waals surface area contributed by atoms with Gasteiger partial charge in [-0.2, -0.15) is 0 Å². The third-order valence-electron chi connectivity index (χ3n) is 2.43.